The third kappa shape index (κ3) is 10.6. The number of esters is 4. The van der Waals surface area contributed by atoms with Crippen LogP contribution < -0.4 is 15.4 Å². The van der Waals surface area contributed by atoms with Crippen molar-refractivity contribution in [3.63, 3.8) is 0 Å². The van der Waals surface area contributed by atoms with E-state index < -0.39 is 60.1 Å². The van der Waals surface area contributed by atoms with Gasteiger partial charge in [-0.15, -0.1) is 0 Å². The number of ketones is 2. The van der Waals surface area contributed by atoms with E-state index in [2.05, 4.69) is 23.8 Å². The molecule has 4 saturated carbocycles. The smallest absolute Gasteiger partial charge is 0.339 e. The van der Waals surface area contributed by atoms with Crippen molar-refractivity contribution >= 4 is 52.9 Å². The zero-order valence-corrected chi connectivity index (χ0v) is 36.5. The van der Waals surface area contributed by atoms with Crippen molar-refractivity contribution in [2.45, 2.75) is 51.0 Å². The first-order valence-corrected chi connectivity index (χ1v) is 21.3. The van der Waals surface area contributed by atoms with Gasteiger partial charge in [0.2, 0.25) is 0 Å². The number of rotatable bonds is 18. The second-order valence-corrected chi connectivity index (χ2v) is 17.1. The molecule has 4 aliphatic rings. The Morgan fingerprint density at radius 1 is 0.621 bits per heavy atom. The molecular weight excluding hydrogens is 849 g/mol. The fraction of sp³-hybridized carbons (Fsp3) is 0.294. The van der Waals surface area contributed by atoms with E-state index in [0.717, 1.165) is 49.8 Å². The van der Waals surface area contributed by atoms with Gasteiger partial charge in [-0.2, -0.15) is 0 Å². The Hall–Kier alpha value is -7.68. The summed E-state index contributed by atoms with van der Waals surface area (Å²) >= 11 is 0. The summed E-state index contributed by atoms with van der Waals surface area (Å²) in [4.78, 5) is 103. The van der Waals surface area contributed by atoms with Gasteiger partial charge in [0.15, 0.2) is 24.8 Å². The molecule has 66 heavy (non-hydrogen) atoms. The summed E-state index contributed by atoms with van der Waals surface area (Å²) in [5.74, 6) is -4.59. The number of amides is 2. The van der Waals surface area contributed by atoms with E-state index in [4.69, 9.17) is 23.7 Å². The van der Waals surface area contributed by atoms with Crippen LogP contribution in [0, 0.1) is 24.2 Å². The number of hydrogen-bond donors (Lipinski definition) is 2. The fourth-order valence-corrected chi connectivity index (χ4v) is 9.51. The first-order valence-electron chi connectivity index (χ1n) is 21.3. The summed E-state index contributed by atoms with van der Waals surface area (Å²) < 4.78 is 28.4. The molecule has 0 radical (unpaired) electrons. The highest BCUT2D eigenvalue weighted by Gasteiger charge is 2.60. The first-order chi connectivity index (χ1) is 31.6. The summed E-state index contributed by atoms with van der Waals surface area (Å²) in [6.07, 6.45) is 6.92. The predicted molar refractivity (Wildman–Crippen MR) is 238 cm³/mol. The van der Waals surface area contributed by atoms with Gasteiger partial charge in [0.25, 0.3) is 11.8 Å². The zero-order valence-electron chi connectivity index (χ0n) is 36.5. The van der Waals surface area contributed by atoms with Gasteiger partial charge in [-0.05, 0) is 142 Å². The van der Waals surface area contributed by atoms with Gasteiger partial charge in [-0.3, -0.25) is 19.2 Å². The van der Waals surface area contributed by atoms with Gasteiger partial charge < -0.3 is 34.3 Å². The van der Waals surface area contributed by atoms with E-state index in [1.807, 2.05) is 19.1 Å². The number of nitrogens with one attached hydrogen (secondary N) is 2. The molecule has 8 rings (SSSR count). The normalized spacial score (nSPS) is 19.9. The first kappa shape index (κ1) is 46.3. The third-order valence-electron chi connectivity index (χ3n) is 12.1. The molecular formula is C51H48N2O13. The third-order valence-corrected chi connectivity index (χ3v) is 12.1. The van der Waals surface area contributed by atoms with Gasteiger partial charge in [0, 0.05) is 18.2 Å². The molecule has 340 valence electrons. The maximum atomic E-state index is 13.9. The number of hydrogen-bond acceptors (Lipinski definition) is 13. The van der Waals surface area contributed by atoms with Crippen molar-refractivity contribution in [2.24, 2.45) is 17.3 Å². The molecule has 4 bridgehead atoms. The SMILES string of the molecule is C=CC(=O)COC(=O)c1ccc(Oc2ccc(C(=O)OCC(=O)C=C)c(C(=O)Nc3ccc(C(=O)OC45CC6CC(CC(COC(=O)c7ccc(C)cc7)(C6)C4)C5)cc3)c2)cc1C(=O)NC. The Kier molecular flexibility index (Phi) is 13.8. The lowest BCUT2D eigenvalue weighted by molar-refractivity contribution is -0.177. The van der Waals surface area contributed by atoms with E-state index in [9.17, 15) is 38.4 Å². The summed E-state index contributed by atoms with van der Waals surface area (Å²) in [6, 6.07) is 21.1. The van der Waals surface area contributed by atoms with Crippen molar-refractivity contribution in [2.75, 3.05) is 32.2 Å². The molecule has 0 spiro atoms. The van der Waals surface area contributed by atoms with E-state index in [1.54, 1.807) is 12.1 Å². The highest BCUT2D eigenvalue weighted by molar-refractivity contribution is 6.12. The molecule has 2 atom stereocenters. The maximum Gasteiger partial charge on any atom is 0.339 e. The molecule has 0 aliphatic heterocycles. The van der Waals surface area contributed by atoms with Crippen LogP contribution in [0.4, 0.5) is 5.69 Å². The topological polar surface area (TPSA) is 207 Å². The number of carbonyl (C=O) groups is 8. The van der Waals surface area contributed by atoms with Gasteiger partial charge in [0.1, 0.15) is 17.1 Å². The molecule has 15 heteroatoms. The van der Waals surface area contributed by atoms with Gasteiger partial charge in [0.05, 0.1) is 40.0 Å². The monoisotopic (exact) mass is 896 g/mol. The average Bonchev–Trinajstić information content (AvgIpc) is 3.30. The van der Waals surface area contributed by atoms with Crippen molar-refractivity contribution in [3.05, 3.63) is 149 Å². The van der Waals surface area contributed by atoms with Crippen LogP contribution in [0.25, 0.3) is 0 Å². The van der Waals surface area contributed by atoms with Crippen LogP contribution in [0.1, 0.15) is 106 Å². The van der Waals surface area contributed by atoms with E-state index in [-0.39, 0.29) is 63.0 Å². The molecule has 0 aromatic heterocycles. The fourth-order valence-electron chi connectivity index (χ4n) is 9.51. The van der Waals surface area contributed by atoms with Crippen LogP contribution >= 0.6 is 0 Å². The Morgan fingerprint density at radius 3 is 1.67 bits per heavy atom. The van der Waals surface area contributed by atoms with Gasteiger partial charge in [-0.25, -0.2) is 19.2 Å². The molecule has 2 unspecified atom stereocenters. The Morgan fingerprint density at radius 2 is 1.14 bits per heavy atom. The number of ether oxygens (including phenoxy) is 5. The number of carbonyl (C=O) groups excluding carboxylic acids is 8. The van der Waals surface area contributed by atoms with E-state index in [1.165, 1.54) is 67.7 Å². The van der Waals surface area contributed by atoms with Crippen LogP contribution in [-0.4, -0.2) is 79.7 Å². The molecule has 15 nitrogen and oxygen atoms in total. The van der Waals surface area contributed by atoms with Crippen molar-refractivity contribution < 1.29 is 62.0 Å². The minimum atomic E-state index is -0.990. The lowest BCUT2D eigenvalue weighted by atomic mass is 9.48. The van der Waals surface area contributed by atoms with Crippen LogP contribution in [0.3, 0.4) is 0 Å². The van der Waals surface area contributed by atoms with Crippen molar-refractivity contribution in [1.29, 1.82) is 0 Å². The maximum absolute atomic E-state index is 13.9. The molecule has 4 aliphatic carbocycles. The summed E-state index contributed by atoms with van der Waals surface area (Å²) in [5.41, 5.74) is 0.373. The molecule has 0 heterocycles. The summed E-state index contributed by atoms with van der Waals surface area (Å²) in [5, 5.41) is 5.15. The van der Waals surface area contributed by atoms with Crippen LogP contribution in [-0.2, 0) is 28.5 Å². The van der Waals surface area contributed by atoms with E-state index >= 15 is 0 Å². The van der Waals surface area contributed by atoms with Crippen LogP contribution in [0.5, 0.6) is 11.5 Å². The molecule has 4 aromatic rings. The largest absolute Gasteiger partial charge is 0.462 e. The van der Waals surface area contributed by atoms with Gasteiger partial charge in [-0.1, -0.05) is 30.9 Å². The Bertz CT molecular complexity index is 2620. The molecule has 0 saturated heterocycles. The highest BCUT2D eigenvalue weighted by atomic mass is 16.6. The lowest BCUT2D eigenvalue weighted by Gasteiger charge is -2.60. The molecule has 2 N–H and O–H groups in total. The highest BCUT2D eigenvalue weighted by Crippen LogP contribution is 2.63. The van der Waals surface area contributed by atoms with E-state index in [0.29, 0.717) is 23.8 Å². The second-order valence-electron chi connectivity index (χ2n) is 17.1. The Balaban J connectivity index is 1.05. The Labute approximate surface area is 380 Å². The van der Waals surface area contributed by atoms with Crippen LogP contribution in [0.2, 0.25) is 0 Å². The quantitative estimate of drug-likeness (QED) is 0.0562. The number of aryl methyl sites for hydroxylation is 1. The number of anilines is 1. The zero-order chi connectivity index (χ0) is 47.2. The molecule has 4 fully saturated rings. The van der Waals surface area contributed by atoms with Crippen LogP contribution in [0.15, 0.2) is 110 Å². The average molecular weight is 897 g/mol. The molecule has 4 aromatic carbocycles. The predicted octanol–water partition coefficient (Wildman–Crippen LogP) is 7.58. The number of benzene rings is 4. The second kappa shape index (κ2) is 19.6. The minimum Gasteiger partial charge on any atom is -0.462 e. The van der Waals surface area contributed by atoms with Crippen molar-refractivity contribution in [3.8, 4) is 11.5 Å². The summed E-state index contributed by atoms with van der Waals surface area (Å²) in [6.45, 7) is 7.71. The summed E-state index contributed by atoms with van der Waals surface area (Å²) in [7, 11) is 1.35. The van der Waals surface area contributed by atoms with Gasteiger partial charge >= 0.3 is 23.9 Å². The standard InChI is InChI=1S/C51H48N2O13/c1-5-36(54)26-62-48(60)40-17-15-38(20-42(40)44(56)52-4)65-39-16-18-41(49(61)63-27-37(55)6-2)43(21-39)45(57)53-35-13-11-34(12-14-35)47(59)66-51-24-31-19-32(25-51)23-50(22-31,28-51)29-64-46(58)33-9-7-30(3)8-10-33/h5-18,20-21,31-32H,1-2,19,22-29H2,3-4H3,(H,52,56)(H,53,57). The minimum absolute atomic E-state index is 0.0302. The lowest BCUT2D eigenvalue weighted by Crippen LogP contribution is -2.58. The molecule has 2 amide bonds. The van der Waals surface area contributed by atoms with Crippen molar-refractivity contribution in [1.82, 2.24) is 5.32 Å².